The number of carboxylic acid groups (broad SMARTS) is 1. The number of rotatable bonds is 4. The summed E-state index contributed by atoms with van der Waals surface area (Å²) in [6, 6.07) is 0. The highest BCUT2D eigenvalue weighted by atomic mass is 16.5. The lowest BCUT2D eigenvalue weighted by Crippen LogP contribution is -2.49. The first-order chi connectivity index (χ1) is 9.12. The number of carbonyl (C=O) groups is 1. The van der Waals surface area contributed by atoms with Gasteiger partial charge < -0.3 is 14.9 Å². The summed E-state index contributed by atoms with van der Waals surface area (Å²) in [7, 11) is 1.66. The maximum absolute atomic E-state index is 11.0. The van der Waals surface area contributed by atoms with Gasteiger partial charge in [-0.05, 0) is 37.5 Å². The molecule has 0 radical (unpaired) electrons. The zero-order valence-electron chi connectivity index (χ0n) is 12.8. The minimum atomic E-state index is -1.10. The van der Waals surface area contributed by atoms with Crippen LogP contribution >= 0.6 is 0 Å². The fourth-order valence-corrected chi connectivity index (χ4v) is 2.66. The van der Waals surface area contributed by atoms with Gasteiger partial charge in [-0.1, -0.05) is 26.0 Å². The molecule has 0 spiro atoms. The van der Waals surface area contributed by atoms with Crippen LogP contribution in [-0.2, 0) is 9.53 Å². The molecule has 0 aromatic heterocycles. The number of aliphatic carboxylic acids is 1. The third-order valence-electron chi connectivity index (χ3n) is 4.02. The highest BCUT2D eigenvalue weighted by Gasteiger charge is 2.46. The summed E-state index contributed by atoms with van der Waals surface area (Å²) in [5, 5.41) is 19.7. The highest BCUT2D eigenvalue weighted by molar-refractivity contribution is 5.81. The third kappa shape index (κ3) is 3.38. The first-order valence-electron chi connectivity index (χ1n) is 6.67. The van der Waals surface area contributed by atoms with Crippen LogP contribution in [0.25, 0.3) is 0 Å². The summed E-state index contributed by atoms with van der Waals surface area (Å²) >= 11 is 0. The predicted molar refractivity (Wildman–Crippen MR) is 78.4 cm³/mol. The quantitative estimate of drug-likeness (QED) is 0.472. The van der Waals surface area contributed by atoms with Gasteiger partial charge in [0, 0.05) is 18.6 Å². The van der Waals surface area contributed by atoms with E-state index in [2.05, 4.69) is 0 Å². The zero-order valence-corrected chi connectivity index (χ0v) is 12.8. The van der Waals surface area contributed by atoms with Gasteiger partial charge in [0.05, 0.1) is 6.10 Å². The molecule has 4 heteroatoms. The lowest BCUT2D eigenvalue weighted by atomic mass is 9.64. The number of methoxy groups -OCH3 is 1. The van der Waals surface area contributed by atoms with Gasteiger partial charge in [-0.3, -0.25) is 0 Å². The number of allylic oxidation sites excluding steroid dienone is 2. The van der Waals surface area contributed by atoms with E-state index in [0.717, 1.165) is 11.6 Å². The Morgan fingerprint density at radius 3 is 2.55 bits per heavy atom. The molecule has 0 aliphatic heterocycles. The largest absolute Gasteiger partial charge is 0.478 e. The Morgan fingerprint density at radius 2 is 2.10 bits per heavy atom. The van der Waals surface area contributed by atoms with Gasteiger partial charge in [-0.15, -0.1) is 0 Å². The second-order valence-corrected chi connectivity index (χ2v) is 6.04. The van der Waals surface area contributed by atoms with Crippen LogP contribution in [-0.4, -0.2) is 35.0 Å². The van der Waals surface area contributed by atoms with E-state index in [0.29, 0.717) is 12.0 Å². The van der Waals surface area contributed by atoms with Crippen LogP contribution in [0, 0.1) is 5.41 Å². The Bertz CT molecular complexity index is 471. The van der Waals surface area contributed by atoms with Crippen molar-refractivity contribution in [3.8, 4) is 0 Å². The summed E-state index contributed by atoms with van der Waals surface area (Å²) in [6.45, 7) is 7.53. The summed E-state index contributed by atoms with van der Waals surface area (Å²) in [5.41, 5.74) is -0.0920. The maximum Gasteiger partial charge on any atom is 0.328 e. The van der Waals surface area contributed by atoms with E-state index in [1.165, 1.54) is 0 Å². The maximum atomic E-state index is 11.0. The SMILES string of the molecule is COC1C=C(C)C(O)(/C=C/C(C)=C/C(=O)O)C(C)(C)C1. The van der Waals surface area contributed by atoms with E-state index in [1.54, 1.807) is 26.2 Å². The molecule has 4 nitrogen and oxygen atoms in total. The molecule has 0 bridgehead atoms. The first-order valence-corrected chi connectivity index (χ1v) is 6.67. The molecule has 2 atom stereocenters. The number of hydrogen-bond donors (Lipinski definition) is 2. The molecular weight excluding hydrogens is 256 g/mol. The van der Waals surface area contributed by atoms with Gasteiger partial charge in [0.15, 0.2) is 0 Å². The molecule has 112 valence electrons. The van der Waals surface area contributed by atoms with Crippen molar-refractivity contribution in [2.24, 2.45) is 5.41 Å². The molecule has 1 aliphatic carbocycles. The van der Waals surface area contributed by atoms with Crippen LogP contribution in [0.15, 0.2) is 35.5 Å². The van der Waals surface area contributed by atoms with E-state index >= 15 is 0 Å². The second kappa shape index (κ2) is 5.94. The topological polar surface area (TPSA) is 66.8 Å². The number of aliphatic hydroxyl groups is 1. The van der Waals surface area contributed by atoms with Crippen molar-refractivity contribution >= 4 is 5.97 Å². The lowest BCUT2D eigenvalue weighted by molar-refractivity contribution is -0.131. The van der Waals surface area contributed by atoms with Gasteiger partial charge in [0.2, 0.25) is 0 Å². The molecule has 0 amide bonds. The predicted octanol–water partition coefficient (Wildman–Crippen LogP) is 2.70. The van der Waals surface area contributed by atoms with Crippen LogP contribution in [0.2, 0.25) is 0 Å². The lowest BCUT2D eigenvalue weighted by Gasteiger charge is -2.46. The van der Waals surface area contributed by atoms with E-state index < -0.39 is 17.0 Å². The Morgan fingerprint density at radius 1 is 1.50 bits per heavy atom. The summed E-state index contributed by atoms with van der Waals surface area (Å²) in [6.07, 6.45) is 7.07. The van der Waals surface area contributed by atoms with E-state index in [9.17, 15) is 9.90 Å². The molecule has 0 saturated carbocycles. The van der Waals surface area contributed by atoms with Crippen molar-refractivity contribution in [3.63, 3.8) is 0 Å². The Kier molecular flexibility index (Phi) is 4.95. The van der Waals surface area contributed by atoms with Crippen LogP contribution in [0.4, 0.5) is 0 Å². The van der Waals surface area contributed by atoms with E-state index in [1.807, 2.05) is 26.8 Å². The Hall–Kier alpha value is -1.39. The van der Waals surface area contributed by atoms with Crippen molar-refractivity contribution in [1.29, 1.82) is 0 Å². The minimum absolute atomic E-state index is 0.00525. The number of hydrogen-bond acceptors (Lipinski definition) is 3. The van der Waals surface area contributed by atoms with Gasteiger partial charge in [0.25, 0.3) is 0 Å². The molecular formula is C16H24O4. The monoisotopic (exact) mass is 280 g/mol. The average molecular weight is 280 g/mol. The van der Waals surface area contributed by atoms with Crippen molar-refractivity contribution in [3.05, 3.63) is 35.5 Å². The summed E-state index contributed by atoms with van der Waals surface area (Å²) in [4.78, 5) is 10.6. The fraction of sp³-hybridized carbons (Fsp3) is 0.562. The van der Waals surface area contributed by atoms with Crippen molar-refractivity contribution in [1.82, 2.24) is 0 Å². The fourth-order valence-electron chi connectivity index (χ4n) is 2.66. The molecule has 2 N–H and O–H groups in total. The van der Waals surface area contributed by atoms with Crippen molar-refractivity contribution in [2.75, 3.05) is 7.11 Å². The van der Waals surface area contributed by atoms with E-state index in [-0.39, 0.29) is 6.10 Å². The van der Waals surface area contributed by atoms with Gasteiger partial charge in [0.1, 0.15) is 5.60 Å². The molecule has 0 saturated heterocycles. The van der Waals surface area contributed by atoms with Gasteiger partial charge in [-0.2, -0.15) is 0 Å². The molecule has 0 aromatic rings. The first kappa shape index (κ1) is 16.7. The molecule has 20 heavy (non-hydrogen) atoms. The second-order valence-electron chi connectivity index (χ2n) is 6.04. The summed E-state index contributed by atoms with van der Waals surface area (Å²) in [5.74, 6) is -0.992. The highest BCUT2D eigenvalue weighted by Crippen LogP contribution is 2.45. The molecule has 1 aliphatic rings. The normalized spacial score (nSPS) is 30.4. The van der Waals surface area contributed by atoms with Crippen LogP contribution in [0.1, 0.15) is 34.1 Å². The van der Waals surface area contributed by atoms with Crippen molar-refractivity contribution in [2.45, 2.75) is 45.8 Å². The van der Waals surface area contributed by atoms with Crippen LogP contribution in [0.5, 0.6) is 0 Å². The van der Waals surface area contributed by atoms with Gasteiger partial charge >= 0.3 is 5.97 Å². The molecule has 2 unspecified atom stereocenters. The zero-order chi connectivity index (χ0) is 15.6. The average Bonchev–Trinajstić information content (AvgIpc) is 2.32. The number of ether oxygens (including phenoxy) is 1. The summed E-state index contributed by atoms with van der Waals surface area (Å²) < 4.78 is 5.37. The number of carboxylic acids is 1. The van der Waals surface area contributed by atoms with Crippen LogP contribution in [0.3, 0.4) is 0 Å². The van der Waals surface area contributed by atoms with Gasteiger partial charge in [-0.25, -0.2) is 4.79 Å². The van der Waals surface area contributed by atoms with Crippen molar-refractivity contribution < 1.29 is 19.7 Å². The Labute approximate surface area is 120 Å². The smallest absolute Gasteiger partial charge is 0.328 e. The third-order valence-corrected chi connectivity index (χ3v) is 4.02. The van der Waals surface area contributed by atoms with E-state index in [4.69, 9.17) is 9.84 Å². The molecule has 0 heterocycles. The standard InChI is InChI=1S/C16H24O4/c1-11(8-14(17)18)6-7-16(19)12(2)9-13(20-5)10-15(16,3)4/h6-9,13,19H,10H2,1-5H3,(H,17,18)/b7-6+,11-8+. The van der Waals surface area contributed by atoms with Crippen LogP contribution < -0.4 is 0 Å². The molecule has 0 aromatic carbocycles. The Balaban J connectivity index is 3.13. The molecule has 1 rings (SSSR count). The molecule has 0 fully saturated rings. The minimum Gasteiger partial charge on any atom is -0.478 e.